The number of carbonyl (C=O) groups is 2. The molecule has 0 saturated carbocycles. The maximum Gasteiger partial charge on any atom is 0.328 e. The Kier molecular flexibility index (Phi) is 8.00. The van der Waals surface area contributed by atoms with Gasteiger partial charge in [-0.05, 0) is 56.4 Å². The summed E-state index contributed by atoms with van der Waals surface area (Å²) in [4.78, 5) is 24.3. The van der Waals surface area contributed by atoms with Gasteiger partial charge in [0.15, 0.2) is 5.58 Å². The van der Waals surface area contributed by atoms with Gasteiger partial charge in [0, 0.05) is 54.8 Å². The number of piperidine rings is 1. The van der Waals surface area contributed by atoms with Crippen LogP contribution in [0.1, 0.15) is 43.4 Å². The number of fused-ring (bicyclic) bond motifs is 2. The third-order valence-electron chi connectivity index (χ3n) is 6.84. The van der Waals surface area contributed by atoms with Gasteiger partial charge in [-0.1, -0.05) is 23.4 Å². The van der Waals surface area contributed by atoms with Crippen LogP contribution in [0.5, 0.6) is 0 Å². The molecule has 0 aliphatic carbocycles. The van der Waals surface area contributed by atoms with Crippen molar-refractivity contribution in [3.05, 3.63) is 71.7 Å². The highest BCUT2D eigenvalue weighted by atomic mass is 19.1. The molecule has 1 atom stereocenters. The molecule has 1 fully saturated rings. The molecule has 0 amide bonds. The number of benzene rings is 2. The number of nitrogens with zero attached hydrogens (tertiary/aromatic N) is 3. The van der Waals surface area contributed by atoms with E-state index in [9.17, 15) is 14.0 Å². The Labute approximate surface area is 208 Å². The Morgan fingerprint density at radius 2 is 1.78 bits per heavy atom. The lowest BCUT2D eigenvalue weighted by atomic mass is 9.90. The number of hydrogen-bond donors (Lipinski definition) is 2. The molecule has 1 unspecified atom stereocenters. The van der Waals surface area contributed by atoms with Gasteiger partial charge in [-0.3, -0.25) is 4.90 Å². The highest BCUT2D eigenvalue weighted by molar-refractivity contribution is 5.89. The summed E-state index contributed by atoms with van der Waals surface area (Å²) in [5.74, 6) is -2.41. The van der Waals surface area contributed by atoms with Crippen molar-refractivity contribution in [3.8, 4) is 0 Å². The number of hydrogen-bond acceptors (Lipinski definition) is 6. The molecule has 2 aliphatic rings. The Hall–Kier alpha value is -3.72. The summed E-state index contributed by atoms with van der Waals surface area (Å²) >= 11 is 0. The van der Waals surface area contributed by atoms with Crippen LogP contribution in [0.3, 0.4) is 0 Å². The van der Waals surface area contributed by atoms with Crippen LogP contribution >= 0.6 is 0 Å². The zero-order valence-electron chi connectivity index (χ0n) is 20.1. The lowest BCUT2D eigenvalue weighted by Gasteiger charge is -2.46. The monoisotopic (exact) mass is 495 g/mol. The summed E-state index contributed by atoms with van der Waals surface area (Å²) in [5, 5.41) is 20.9. The van der Waals surface area contributed by atoms with Crippen molar-refractivity contribution < 1.29 is 28.7 Å². The zero-order chi connectivity index (χ0) is 25.7. The van der Waals surface area contributed by atoms with Crippen molar-refractivity contribution in [3.63, 3.8) is 0 Å². The van der Waals surface area contributed by atoms with Crippen molar-refractivity contribution in [2.75, 3.05) is 24.5 Å². The summed E-state index contributed by atoms with van der Waals surface area (Å²) in [6, 6.07) is 13.6. The molecule has 2 N–H and O–H groups in total. The molecule has 190 valence electrons. The number of anilines is 1. The Balaban J connectivity index is 0.000000331. The van der Waals surface area contributed by atoms with Gasteiger partial charge < -0.3 is 19.6 Å². The molecule has 8 nitrogen and oxygen atoms in total. The first-order chi connectivity index (χ1) is 17.4. The van der Waals surface area contributed by atoms with E-state index < -0.39 is 11.9 Å². The molecular weight excluding hydrogens is 465 g/mol. The van der Waals surface area contributed by atoms with Crippen LogP contribution in [0.4, 0.5) is 10.1 Å². The number of aryl methyl sites for hydroxylation is 1. The first-order valence-electron chi connectivity index (χ1n) is 12.1. The van der Waals surface area contributed by atoms with E-state index in [0.717, 1.165) is 50.0 Å². The number of para-hydroxylation sites is 1. The van der Waals surface area contributed by atoms with Crippen molar-refractivity contribution >= 4 is 28.6 Å². The molecule has 9 heteroatoms. The molecule has 1 aromatic heterocycles. The van der Waals surface area contributed by atoms with Crippen LogP contribution in [-0.4, -0.2) is 58.0 Å². The molecule has 0 radical (unpaired) electrons. The van der Waals surface area contributed by atoms with Gasteiger partial charge in [0.1, 0.15) is 5.82 Å². The van der Waals surface area contributed by atoms with E-state index in [1.54, 1.807) is 6.07 Å². The fourth-order valence-electron chi connectivity index (χ4n) is 5.20. The first-order valence-corrected chi connectivity index (χ1v) is 12.1. The summed E-state index contributed by atoms with van der Waals surface area (Å²) in [5.41, 5.74) is 4.42. The third-order valence-corrected chi connectivity index (χ3v) is 6.84. The van der Waals surface area contributed by atoms with Gasteiger partial charge in [-0.25, -0.2) is 14.0 Å². The SMILES string of the molecule is CCN1c2ccccc2CCC1N1CCC(c2noc3cc(F)ccc23)CC1.O=C(O)/C=C/C(=O)O. The predicted octanol–water partition coefficient (Wildman–Crippen LogP) is 4.66. The highest BCUT2D eigenvalue weighted by Gasteiger charge is 2.33. The lowest BCUT2D eigenvalue weighted by Crippen LogP contribution is -2.53. The maximum atomic E-state index is 13.4. The van der Waals surface area contributed by atoms with Gasteiger partial charge in [0.05, 0.1) is 11.9 Å². The summed E-state index contributed by atoms with van der Waals surface area (Å²) < 4.78 is 18.8. The van der Waals surface area contributed by atoms with Crippen molar-refractivity contribution in [1.82, 2.24) is 10.1 Å². The molecule has 0 spiro atoms. The number of carboxylic acid groups (broad SMARTS) is 2. The van der Waals surface area contributed by atoms with Crippen molar-refractivity contribution in [1.29, 1.82) is 0 Å². The fourth-order valence-corrected chi connectivity index (χ4v) is 5.20. The standard InChI is InChI=1S/C23H26FN3O.C4H4O4/c1-2-27-20-6-4-3-5-16(20)7-10-22(27)26-13-11-17(12-14-26)23-19-9-8-18(24)15-21(19)28-25-23;5-3(6)1-2-4(7)8/h3-6,8-9,15,17,22H,2,7,10-14H2,1H3;1-2H,(H,5,6)(H,7,8)/b;2-1+. The van der Waals surface area contributed by atoms with E-state index in [1.165, 1.54) is 29.8 Å². The molecule has 3 aromatic rings. The molecule has 0 bridgehead atoms. The number of halogens is 1. The van der Waals surface area contributed by atoms with E-state index in [0.29, 0.717) is 29.8 Å². The molecule has 36 heavy (non-hydrogen) atoms. The molecule has 3 heterocycles. The van der Waals surface area contributed by atoms with E-state index in [1.807, 2.05) is 0 Å². The lowest BCUT2D eigenvalue weighted by molar-refractivity contribution is -0.134. The Morgan fingerprint density at radius 1 is 1.08 bits per heavy atom. The normalized spacial score (nSPS) is 18.6. The largest absolute Gasteiger partial charge is 0.478 e. The van der Waals surface area contributed by atoms with Gasteiger partial charge in [-0.2, -0.15) is 0 Å². The Morgan fingerprint density at radius 3 is 2.44 bits per heavy atom. The van der Waals surface area contributed by atoms with E-state index in [-0.39, 0.29) is 5.82 Å². The highest BCUT2D eigenvalue weighted by Crippen LogP contribution is 2.37. The number of aromatic nitrogens is 1. The average Bonchev–Trinajstić information content (AvgIpc) is 3.30. The molecule has 2 aromatic carbocycles. The van der Waals surface area contributed by atoms with Crippen LogP contribution in [0.25, 0.3) is 11.0 Å². The Bertz CT molecular complexity index is 1230. The van der Waals surface area contributed by atoms with Crippen LogP contribution in [0.2, 0.25) is 0 Å². The topological polar surface area (TPSA) is 107 Å². The number of rotatable bonds is 5. The van der Waals surface area contributed by atoms with E-state index in [4.69, 9.17) is 14.7 Å². The first kappa shape index (κ1) is 25.4. The van der Waals surface area contributed by atoms with E-state index >= 15 is 0 Å². The van der Waals surface area contributed by atoms with Crippen LogP contribution in [-0.2, 0) is 16.0 Å². The number of aliphatic carboxylic acids is 2. The average molecular weight is 496 g/mol. The summed E-state index contributed by atoms with van der Waals surface area (Å²) in [6.45, 7) is 5.40. The third kappa shape index (κ3) is 5.73. The minimum atomic E-state index is -1.26. The van der Waals surface area contributed by atoms with Gasteiger partial charge in [0.2, 0.25) is 0 Å². The van der Waals surface area contributed by atoms with Crippen molar-refractivity contribution in [2.24, 2.45) is 0 Å². The predicted molar refractivity (Wildman–Crippen MR) is 133 cm³/mol. The van der Waals surface area contributed by atoms with Crippen LogP contribution in [0, 0.1) is 5.82 Å². The van der Waals surface area contributed by atoms with Gasteiger partial charge in [0.25, 0.3) is 0 Å². The second-order valence-corrected chi connectivity index (χ2v) is 8.96. The second kappa shape index (κ2) is 11.3. The molecule has 1 saturated heterocycles. The summed E-state index contributed by atoms with van der Waals surface area (Å²) in [6.07, 6.45) is 6.05. The van der Waals surface area contributed by atoms with Crippen LogP contribution in [0.15, 0.2) is 59.1 Å². The fraction of sp³-hybridized carbons (Fsp3) is 0.370. The summed E-state index contributed by atoms with van der Waals surface area (Å²) in [7, 11) is 0. The molecular formula is C27H30FN3O5. The second-order valence-electron chi connectivity index (χ2n) is 8.96. The van der Waals surface area contributed by atoms with Crippen molar-refractivity contribution in [2.45, 2.75) is 44.7 Å². The molecule has 5 rings (SSSR count). The minimum absolute atomic E-state index is 0.276. The number of carboxylic acids is 2. The smallest absolute Gasteiger partial charge is 0.328 e. The number of likely N-dealkylation sites (tertiary alicyclic amines) is 1. The maximum absolute atomic E-state index is 13.4. The van der Waals surface area contributed by atoms with E-state index in [2.05, 4.69) is 46.1 Å². The van der Waals surface area contributed by atoms with Gasteiger partial charge >= 0.3 is 11.9 Å². The quantitative estimate of drug-likeness (QED) is 0.493. The van der Waals surface area contributed by atoms with Crippen LogP contribution < -0.4 is 4.90 Å². The minimum Gasteiger partial charge on any atom is -0.478 e. The van der Waals surface area contributed by atoms with Gasteiger partial charge in [-0.15, -0.1) is 0 Å². The zero-order valence-corrected chi connectivity index (χ0v) is 20.1. The molecule has 2 aliphatic heterocycles.